The van der Waals surface area contributed by atoms with Crippen LogP contribution in [0.5, 0.6) is 0 Å². The van der Waals surface area contributed by atoms with Gasteiger partial charge in [0.05, 0.1) is 21.6 Å². The van der Waals surface area contributed by atoms with E-state index in [9.17, 15) is 22.0 Å². The zero-order chi connectivity index (χ0) is 23.2. The molecule has 5 nitrogen and oxygen atoms in total. The van der Waals surface area contributed by atoms with E-state index in [-0.39, 0.29) is 16.2 Å². The molecule has 5 rings (SSSR count). The van der Waals surface area contributed by atoms with E-state index < -0.39 is 21.5 Å². The lowest BCUT2D eigenvalue weighted by Crippen LogP contribution is -2.14. The molecule has 33 heavy (non-hydrogen) atoms. The lowest BCUT2D eigenvalue weighted by molar-refractivity contribution is 0.504. The van der Waals surface area contributed by atoms with E-state index in [2.05, 4.69) is 4.98 Å². The minimum Gasteiger partial charge on any atom is -0.325 e. The van der Waals surface area contributed by atoms with Crippen molar-refractivity contribution in [1.82, 2.24) is 9.55 Å². The van der Waals surface area contributed by atoms with Crippen LogP contribution in [-0.4, -0.2) is 18.0 Å². The van der Waals surface area contributed by atoms with E-state index in [1.165, 1.54) is 0 Å². The second-order valence-corrected chi connectivity index (χ2v) is 9.90. The number of hydrogen-bond donors (Lipinski definition) is 0. The molecule has 0 aliphatic carbocycles. The normalized spacial score (nSPS) is 14.7. The van der Waals surface area contributed by atoms with Crippen molar-refractivity contribution >= 4 is 32.4 Å². The fraction of sp³-hybridized carbons (Fsp3) is 0.120. The third kappa shape index (κ3) is 3.98. The minimum atomic E-state index is -3.82. The number of nitrogens with zero attached hydrogens (tertiary/aromatic N) is 2. The predicted octanol–water partition coefficient (Wildman–Crippen LogP) is 4.59. The summed E-state index contributed by atoms with van der Waals surface area (Å²) in [4.78, 5) is 16.4. The fourth-order valence-electron chi connectivity index (χ4n) is 4.06. The zero-order valence-electron chi connectivity index (χ0n) is 17.3. The third-order valence-electron chi connectivity index (χ3n) is 5.71. The Morgan fingerprint density at radius 3 is 2.48 bits per heavy atom. The summed E-state index contributed by atoms with van der Waals surface area (Å²) in [6.07, 6.45) is 2.67. The van der Waals surface area contributed by atoms with Gasteiger partial charge in [0.2, 0.25) is 0 Å². The molecule has 0 saturated heterocycles. The molecule has 0 atom stereocenters. The van der Waals surface area contributed by atoms with E-state index in [0.717, 1.165) is 41.8 Å². The van der Waals surface area contributed by atoms with Crippen LogP contribution < -0.4 is 5.56 Å². The van der Waals surface area contributed by atoms with E-state index in [4.69, 9.17) is 0 Å². The Balaban J connectivity index is 1.41. The molecule has 3 aromatic carbocycles. The lowest BCUT2D eigenvalue weighted by atomic mass is 10.1. The van der Waals surface area contributed by atoms with Crippen LogP contribution in [0.15, 0.2) is 76.4 Å². The number of halogens is 2. The van der Waals surface area contributed by atoms with E-state index in [1.807, 2.05) is 28.8 Å². The predicted molar refractivity (Wildman–Crippen MR) is 122 cm³/mol. The smallest absolute Gasteiger partial charge is 0.281 e. The van der Waals surface area contributed by atoms with Gasteiger partial charge in [0.15, 0.2) is 21.5 Å². The first kappa shape index (κ1) is 21.2. The molecule has 1 aliphatic rings. The van der Waals surface area contributed by atoms with Crippen LogP contribution in [0.25, 0.3) is 22.6 Å². The van der Waals surface area contributed by atoms with Crippen LogP contribution in [0.1, 0.15) is 23.4 Å². The molecular weight excluding hydrogens is 446 g/mol. The van der Waals surface area contributed by atoms with E-state index >= 15 is 0 Å². The number of fused-ring (bicyclic) bond motifs is 3. The van der Waals surface area contributed by atoms with Crippen molar-refractivity contribution in [2.45, 2.75) is 23.6 Å². The van der Waals surface area contributed by atoms with Crippen molar-refractivity contribution in [2.75, 3.05) is 0 Å². The Bertz CT molecular complexity index is 1590. The van der Waals surface area contributed by atoms with Gasteiger partial charge in [0.1, 0.15) is 5.82 Å². The fourth-order valence-corrected chi connectivity index (χ4v) is 5.41. The highest BCUT2D eigenvalue weighted by molar-refractivity contribution is 7.90. The monoisotopic (exact) mass is 464 g/mol. The molecular formula is C25H18F2N2O3S. The molecule has 0 amide bonds. The van der Waals surface area contributed by atoms with Crippen molar-refractivity contribution in [2.24, 2.45) is 0 Å². The molecule has 0 N–H and O–H groups in total. The molecule has 1 aliphatic heterocycles. The van der Waals surface area contributed by atoms with Crippen LogP contribution in [-0.2, 0) is 22.1 Å². The zero-order valence-corrected chi connectivity index (χ0v) is 18.1. The SMILES string of the molecule is O=c1nc2n(c3ccccc13)CC/C2=C\c1ccc(CS(=O)(=O)c2ccc(F)c(F)c2)cc1. The summed E-state index contributed by atoms with van der Waals surface area (Å²) in [6.45, 7) is 0.722. The van der Waals surface area contributed by atoms with Crippen molar-refractivity contribution < 1.29 is 17.2 Å². The molecule has 0 spiro atoms. The molecule has 0 radical (unpaired) electrons. The Labute approximate surface area is 188 Å². The summed E-state index contributed by atoms with van der Waals surface area (Å²) in [6, 6.07) is 16.9. The molecule has 2 heterocycles. The highest BCUT2D eigenvalue weighted by Gasteiger charge is 2.21. The summed E-state index contributed by atoms with van der Waals surface area (Å²) in [5, 5.41) is 0.592. The van der Waals surface area contributed by atoms with Gasteiger partial charge in [-0.05, 0) is 59.5 Å². The van der Waals surface area contributed by atoms with Gasteiger partial charge in [-0.3, -0.25) is 4.79 Å². The van der Waals surface area contributed by atoms with Gasteiger partial charge >= 0.3 is 0 Å². The number of para-hydroxylation sites is 1. The molecule has 4 aromatic rings. The van der Waals surface area contributed by atoms with Gasteiger partial charge in [-0.15, -0.1) is 0 Å². The number of benzene rings is 3. The van der Waals surface area contributed by atoms with Crippen LogP contribution in [0.2, 0.25) is 0 Å². The number of allylic oxidation sites excluding steroid dienone is 1. The van der Waals surface area contributed by atoms with Gasteiger partial charge in [-0.25, -0.2) is 17.2 Å². The van der Waals surface area contributed by atoms with Crippen LogP contribution in [0.4, 0.5) is 8.78 Å². The van der Waals surface area contributed by atoms with Crippen molar-refractivity contribution in [3.63, 3.8) is 0 Å². The summed E-state index contributed by atoms with van der Waals surface area (Å²) in [5.74, 6) is -1.98. The second-order valence-electron chi connectivity index (χ2n) is 7.91. The average molecular weight is 464 g/mol. The van der Waals surface area contributed by atoms with Crippen molar-refractivity contribution in [3.8, 4) is 0 Å². The van der Waals surface area contributed by atoms with Gasteiger partial charge in [0, 0.05) is 6.54 Å². The Hall–Kier alpha value is -3.65. The summed E-state index contributed by atoms with van der Waals surface area (Å²) in [7, 11) is -3.82. The van der Waals surface area contributed by atoms with Gasteiger partial charge in [0.25, 0.3) is 5.56 Å². The molecule has 1 aromatic heterocycles. The maximum Gasteiger partial charge on any atom is 0.281 e. The molecule has 8 heteroatoms. The third-order valence-corrected chi connectivity index (χ3v) is 7.39. The van der Waals surface area contributed by atoms with Crippen molar-refractivity contribution in [3.05, 3.63) is 106 Å². The highest BCUT2D eigenvalue weighted by atomic mass is 32.2. The number of aryl methyl sites for hydroxylation is 1. The average Bonchev–Trinajstić information content (AvgIpc) is 3.19. The highest BCUT2D eigenvalue weighted by Crippen LogP contribution is 2.29. The van der Waals surface area contributed by atoms with Crippen LogP contribution >= 0.6 is 0 Å². The molecule has 0 saturated carbocycles. The van der Waals surface area contributed by atoms with Gasteiger partial charge in [-0.2, -0.15) is 4.98 Å². The topological polar surface area (TPSA) is 69.0 Å². The first-order chi connectivity index (χ1) is 15.8. The maximum absolute atomic E-state index is 13.4. The number of hydrogen-bond acceptors (Lipinski definition) is 4. The maximum atomic E-state index is 13.4. The molecule has 0 fully saturated rings. The Kier molecular flexibility index (Phi) is 5.17. The summed E-state index contributed by atoms with van der Waals surface area (Å²) < 4.78 is 53.7. The number of aromatic nitrogens is 2. The molecule has 0 bridgehead atoms. The quantitative estimate of drug-likeness (QED) is 0.414. The van der Waals surface area contributed by atoms with Crippen LogP contribution in [0, 0.1) is 11.6 Å². The van der Waals surface area contributed by atoms with E-state index in [0.29, 0.717) is 22.8 Å². The summed E-state index contributed by atoms with van der Waals surface area (Å²) >= 11 is 0. The number of rotatable bonds is 4. The first-order valence-electron chi connectivity index (χ1n) is 10.3. The van der Waals surface area contributed by atoms with Crippen LogP contribution in [0.3, 0.4) is 0 Å². The number of sulfone groups is 1. The lowest BCUT2D eigenvalue weighted by Gasteiger charge is -2.08. The standard InChI is InChI=1S/C25H18F2N2O3S/c26-21-10-9-19(14-22(21)27)33(31,32)15-17-7-5-16(6-8-17)13-18-11-12-29-23-4-2-1-3-20(23)25(30)28-24(18)29/h1-10,13-14H,11-12,15H2/b18-13+. The Morgan fingerprint density at radius 2 is 1.73 bits per heavy atom. The first-order valence-corrected chi connectivity index (χ1v) is 11.9. The van der Waals surface area contributed by atoms with Crippen molar-refractivity contribution in [1.29, 1.82) is 0 Å². The van der Waals surface area contributed by atoms with Gasteiger partial charge < -0.3 is 4.57 Å². The molecule has 0 unspecified atom stereocenters. The van der Waals surface area contributed by atoms with Gasteiger partial charge in [-0.1, -0.05) is 36.4 Å². The Morgan fingerprint density at radius 1 is 0.970 bits per heavy atom. The second kappa shape index (κ2) is 8.04. The summed E-state index contributed by atoms with van der Waals surface area (Å²) in [5.41, 5.74) is 2.89. The largest absolute Gasteiger partial charge is 0.325 e. The minimum absolute atomic E-state index is 0.262. The van der Waals surface area contributed by atoms with E-state index in [1.54, 1.807) is 30.3 Å². The molecule has 166 valence electrons.